The third kappa shape index (κ3) is 2.47. The Morgan fingerprint density at radius 3 is 2.79 bits per heavy atom. The van der Waals surface area contributed by atoms with Gasteiger partial charge in [-0.1, -0.05) is 11.6 Å². The molecule has 0 heterocycles. The zero-order chi connectivity index (χ0) is 10.6. The van der Waals surface area contributed by atoms with Crippen LogP contribution >= 0.6 is 11.6 Å². The van der Waals surface area contributed by atoms with E-state index in [4.69, 9.17) is 21.1 Å². The molecule has 0 N–H and O–H groups in total. The summed E-state index contributed by atoms with van der Waals surface area (Å²) in [5.74, 6) is 0.627. The minimum Gasteiger partial charge on any atom is -0.467 e. The maximum atomic E-state index is 10.6. The van der Waals surface area contributed by atoms with E-state index in [1.165, 1.54) is 7.11 Å². The summed E-state index contributed by atoms with van der Waals surface area (Å²) in [6.07, 6.45) is 0.718. The fraction of sp³-hybridized carbons (Fsp3) is 0.300. The van der Waals surface area contributed by atoms with Crippen LogP contribution in [0.4, 0.5) is 0 Å². The number of carbonyl (C=O) groups excluding carboxylic acids is 1. The van der Waals surface area contributed by atoms with Gasteiger partial charge in [0.05, 0.1) is 5.02 Å². The van der Waals surface area contributed by atoms with Gasteiger partial charge in [-0.2, -0.15) is 0 Å². The molecule has 0 aliphatic rings. The van der Waals surface area contributed by atoms with Crippen molar-refractivity contribution < 1.29 is 14.3 Å². The number of aldehydes is 1. The molecule has 0 spiro atoms. The van der Waals surface area contributed by atoms with Crippen molar-refractivity contribution in [1.29, 1.82) is 0 Å². The van der Waals surface area contributed by atoms with Crippen molar-refractivity contribution in [2.75, 3.05) is 13.9 Å². The predicted octanol–water partition coefficient (Wildman–Crippen LogP) is 2.44. The Balaban J connectivity index is 2.96. The first-order valence-electron chi connectivity index (χ1n) is 4.06. The van der Waals surface area contributed by atoms with Crippen LogP contribution in [0.1, 0.15) is 15.9 Å². The predicted molar refractivity (Wildman–Crippen MR) is 54.1 cm³/mol. The number of hydrogen-bond acceptors (Lipinski definition) is 3. The van der Waals surface area contributed by atoms with E-state index < -0.39 is 0 Å². The number of ether oxygens (including phenoxy) is 2. The van der Waals surface area contributed by atoms with Crippen molar-refractivity contribution in [3.05, 3.63) is 28.3 Å². The van der Waals surface area contributed by atoms with E-state index in [1.807, 2.05) is 6.92 Å². The van der Waals surface area contributed by atoms with E-state index in [1.54, 1.807) is 12.1 Å². The van der Waals surface area contributed by atoms with Crippen LogP contribution in [0.5, 0.6) is 5.75 Å². The minimum absolute atomic E-state index is 0.164. The lowest BCUT2D eigenvalue weighted by Crippen LogP contribution is -2.01. The molecule has 0 radical (unpaired) electrons. The fourth-order valence-electron chi connectivity index (χ4n) is 1.05. The van der Waals surface area contributed by atoms with Crippen LogP contribution in [0, 0.1) is 6.92 Å². The van der Waals surface area contributed by atoms with Gasteiger partial charge in [-0.25, -0.2) is 0 Å². The van der Waals surface area contributed by atoms with E-state index in [9.17, 15) is 4.79 Å². The number of hydrogen-bond donors (Lipinski definition) is 0. The van der Waals surface area contributed by atoms with Crippen LogP contribution in [-0.2, 0) is 4.74 Å². The Hall–Kier alpha value is -1.06. The summed E-state index contributed by atoms with van der Waals surface area (Å²) in [6, 6.07) is 3.29. The number of carbonyl (C=O) groups is 1. The van der Waals surface area contributed by atoms with Gasteiger partial charge in [0.25, 0.3) is 0 Å². The van der Waals surface area contributed by atoms with E-state index in [0.29, 0.717) is 16.3 Å². The van der Waals surface area contributed by atoms with Gasteiger partial charge in [0.1, 0.15) is 5.75 Å². The molecule has 0 aromatic heterocycles. The zero-order valence-electron chi connectivity index (χ0n) is 8.04. The second-order valence-electron chi connectivity index (χ2n) is 2.81. The summed E-state index contributed by atoms with van der Waals surface area (Å²) in [6.45, 7) is 2.01. The molecule has 76 valence electrons. The van der Waals surface area contributed by atoms with E-state index >= 15 is 0 Å². The molecule has 1 aromatic rings. The smallest absolute Gasteiger partial charge is 0.188 e. The van der Waals surface area contributed by atoms with Gasteiger partial charge in [-0.3, -0.25) is 4.79 Å². The summed E-state index contributed by atoms with van der Waals surface area (Å²) in [5, 5.41) is 0.386. The lowest BCUT2D eigenvalue weighted by Gasteiger charge is -2.09. The number of halogens is 1. The quantitative estimate of drug-likeness (QED) is 0.571. The topological polar surface area (TPSA) is 35.5 Å². The van der Waals surface area contributed by atoms with Gasteiger partial charge < -0.3 is 9.47 Å². The second-order valence-corrected chi connectivity index (χ2v) is 3.22. The molecule has 0 amide bonds. The number of aryl methyl sites for hydroxylation is 1. The maximum Gasteiger partial charge on any atom is 0.188 e. The molecule has 3 nitrogen and oxygen atoms in total. The van der Waals surface area contributed by atoms with Gasteiger partial charge in [-0.05, 0) is 24.6 Å². The van der Waals surface area contributed by atoms with Crippen molar-refractivity contribution in [2.24, 2.45) is 0 Å². The van der Waals surface area contributed by atoms with E-state index in [2.05, 4.69) is 0 Å². The van der Waals surface area contributed by atoms with E-state index in [-0.39, 0.29) is 6.79 Å². The normalized spacial score (nSPS) is 9.93. The first kappa shape index (κ1) is 11.0. The fourth-order valence-corrected chi connectivity index (χ4v) is 1.25. The third-order valence-corrected chi connectivity index (χ3v) is 2.08. The number of benzene rings is 1. The molecule has 0 unspecified atom stereocenters. The molecular formula is C10H11ClO3. The number of methoxy groups -OCH3 is 1. The molecule has 14 heavy (non-hydrogen) atoms. The molecule has 0 aliphatic carbocycles. The third-order valence-electron chi connectivity index (χ3n) is 1.75. The standard InChI is InChI=1S/C10H11ClO3/c1-7-3-8(5-12)9(11)4-10(7)14-6-13-2/h3-5H,6H2,1-2H3. The Morgan fingerprint density at radius 2 is 2.21 bits per heavy atom. The first-order chi connectivity index (χ1) is 6.69. The molecule has 1 aromatic carbocycles. The highest BCUT2D eigenvalue weighted by Gasteiger charge is 2.05. The highest BCUT2D eigenvalue weighted by atomic mass is 35.5. The summed E-state index contributed by atoms with van der Waals surface area (Å²) < 4.78 is 10.0. The van der Waals surface area contributed by atoms with Crippen molar-refractivity contribution in [2.45, 2.75) is 6.92 Å². The van der Waals surface area contributed by atoms with Gasteiger partial charge in [0.15, 0.2) is 13.1 Å². The molecule has 0 fully saturated rings. The second kappa shape index (κ2) is 4.98. The van der Waals surface area contributed by atoms with Gasteiger partial charge >= 0.3 is 0 Å². The molecule has 1 rings (SSSR count). The van der Waals surface area contributed by atoms with Crippen molar-refractivity contribution in [3.8, 4) is 5.75 Å². The van der Waals surface area contributed by atoms with Gasteiger partial charge in [0.2, 0.25) is 0 Å². The Morgan fingerprint density at radius 1 is 1.50 bits per heavy atom. The molecular weight excluding hydrogens is 204 g/mol. The average molecular weight is 215 g/mol. The number of rotatable bonds is 4. The monoisotopic (exact) mass is 214 g/mol. The van der Waals surface area contributed by atoms with Crippen LogP contribution in [0.2, 0.25) is 5.02 Å². The minimum atomic E-state index is 0.164. The summed E-state index contributed by atoms with van der Waals surface area (Å²) >= 11 is 5.83. The van der Waals surface area contributed by atoms with Crippen LogP contribution in [0.15, 0.2) is 12.1 Å². The summed E-state index contributed by atoms with van der Waals surface area (Å²) in [4.78, 5) is 10.6. The van der Waals surface area contributed by atoms with Crippen LogP contribution in [0.3, 0.4) is 0 Å². The lowest BCUT2D eigenvalue weighted by atomic mass is 10.1. The first-order valence-corrected chi connectivity index (χ1v) is 4.44. The lowest BCUT2D eigenvalue weighted by molar-refractivity contribution is 0.0506. The van der Waals surface area contributed by atoms with Gasteiger partial charge in [0, 0.05) is 12.7 Å². The van der Waals surface area contributed by atoms with Crippen molar-refractivity contribution >= 4 is 17.9 Å². The highest BCUT2D eigenvalue weighted by Crippen LogP contribution is 2.25. The van der Waals surface area contributed by atoms with Crippen molar-refractivity contribution in [3.63, 3.8) is 0 Å². The SMILES string of the molecule is COCOc1cc(Cl)c(C=O)cc1C. The molecule has 0 saturated carbocycles. The Bertz CT molecular complexity index is 336. The van der Waals surface area contributed by atoms with Crippen molar-refractivity contribution in [1.82, 2.24) is 0 Å². The average Bonchev–Trinajstić information content (AvgIpc) is 2.18. The van der Waals surface area contributed by atoms with Crippen LogP contribution in [-0.4, -0.2) is 20.2 Å². The molecule has 0 saturated heterocycles. The highest BCUT2D eigenvalue weighted by molar-refractivity contribution is 6.33. The summed E-state index contributed by atoms with van der Waals surface area (Å²) in [5.41, 5.74) is 1.32. The Kier molecular flexibility index (Phi) is 3.92. The zero-order valence-corrected chi connectivity index (χ0v) is 8.80. The maximum absolute atomic E-state index is 10.6. The molecule has 4 heteroatoms. The molecule has 0 atom stereocenters. The summed E-state index contributed by atoms with van der Waals surface area (Å²) in [7, 11) is 1.54. The van der Waals surface area contributed by atoms with Gasteiger partial charge in [-0.15, -0.1) is 0 Å². The van der Waals surface area contributed by atoms with Crippen LogP contribution < -0.4 is 4.74 Å². The van der Waals surface area contributed by atoms with Crippen LogP contribution in [0.25, 0.3) is 0 Å². The Labute approximate surface area is 87.6 Å². The molecule has 0 aliphatic heterocycles. The largest absolute Gasteiger partial charge is 0.467 e. The molecule has 0 bridgehead atoms. The van der Waals surface area contributed by atoms with E-state index in [0.717, 1.165) is 11.8 Å².